The van der Waals surface area contributed by atoms with Gasteiger partial charge in [0.2, 0.25) is 0 Å². The zero-order valence-corrected chi connectivity index (χ0v) is 19.6. The predicted octanol–water partition coefficient (Wildman–Crippen LogP) is 4.41. The number of carbonyl (C=O) groups excluding carboxylic acids is 2. The number of amides is 1. The summed E-state index contributed by atoms with van der Waals surface area (Å²) in [7, 11) is 0. The van der Waals surface area contributed by atoms with Gasteiger partial charge in [0, 0.05) is 28.2 Å². The van der Waals surface area contributed by atoms with E-state index in [0.29, 0.717) is 5.56 Å². The maximum atomic E-state index is 13.2. The van der Waals surface area contributed by atoms with Gasteiger partial charge in [0.1, 0.15) is 11.6 Å². The van der Waals surface area contributed by atoms with Crippen LogP contribution < -0.4 is 0 Å². The lowest BCUT2D eigenvalue weighted by molar-refractivity contribution is -0.156. The van der Waals surface area contributed by atoms with Gasteiger partial charge in [-0.25, -0.2) is 4.79 Å². The number of nitrogens with zero attached hydrogens (tertiary/aromatic N) is 1. The summed E-state index contributed by atoms with van der Waals surface area (Å²) in [4.78, 5) is 40.5. The average molecular weight is 456 g/mol. The van der Waals surface area contributed by atoms with Crippen molar-refractivity contribution in [2.45, 2.75) is 55.9 Å². The van der Waals surface area contributed by atoms with Crippen molar-refractivity contribution < 1.29 is 24.2 Å². The summed E-state index contributed by atoms with van der Waals surface area (Å²) >= 11 is 1.50. The van der Waals surface area contributed by atoms with Crippen LogP contribution in [-0.2, 0) is 14.3 Å². The number of ether oxygens (including phenoxy) is 1. The molecule has 0 aliphatic carbocycles. The van der Waals surface area contributed by atoms with Gasteiger partial charge < -0.3 is 14.7 Å². The number of carbonyl (C=O) groups is 3. The molecule has 1 aliphatic rings. The number of benzene rings is 2. The van der Waals surface area contributed by atoms with Gasteiger partial charge in [0.05, 0.1) is 6.42 Å². The fourth-order valence-corrected chi connectivity index (χ4v) is 5.18. The molecule has 32 heavy (non-hydrogen) atoms. The summed E-state index contributed by atoms with van der Waals surface area (Å²) in [6.07, 6.45) is -0.0731. The largest absolute Gasteiger partial charge is 0.480 e. The first kappa shape index (κ1) is 23.9. The van der Waals surface area contributed by atoms with Crippen LogP contribution in [0.15, 0.2) is 59.5 Å². The molecule has 2 aromatic carbocycles. The third-order valence-electron chi connectivity index (χ3n) is 5.26. The van der Waals surface area contributed by atoms with Gasteiger partial charge in [-0.3, -0.25) is 9.59 Å². The Balaban J connectivity index is 1.92. The third kappa shape index (κ3) is 5.91. The fraction of sp³-hybridized carbons (Fsp3) is 0.400. The van der Waals surface area contributed by atoms with Gasteiger partial charge in [0.15, 0.2) is 0 Å². The van der Waals surface area contributed by atoms with E-state index in [1.54, 1.807) is 51.1 Å². The van der Waals surface area contributed by atoms with Gasteiger partial charge in [-0.15, -0.1) is 11.8 Å². The zero-order valence-electron chi connectivity index (χ0n) is 18.8. The number of aryl methyl sites for hydroxylation is 1. The first-order chi connectivity index (χ1) is 15.0. The molecular weight excluding hydrogens is 426 g/mol. The molecule has 1 saturated heterocycles. The second-order valence-electron chi connectivity index (χ2n) is 9.03. The van der Waals surface area contributed by atoms with Crippen molar-refractivity contribution in [3.05, 3.63) is 65.7 Å². The van der Waals surface area contributed by atoms with Crippen LogP contribution in [0, 0.1) is 12.8 Å². The molecule has 1 aliphatic heterocycles. The molecule has 0 radical (unpaired) electrons. The summed E-state index contributed by atoms with van der Waals surface area (Å²) < 4.78 is 5.48. The van der Waals surface area contributed by atoms with Gasteiger partial charge in [-0.1, -0.05) is 35.9 Å². The van der Waals surface area contributed by atoms with E-state index in [4.69, 9.17) is 4.74 Å². The van der Waals surface area contributed by atoms with Crippen molar-refractivity contribution in [3.63, 3.8) is 0 Å². The van der Waals surface area contributed by atoms with Crippen molar-refractivity contribution in [3.8, 4) is 0 Å². The van der Waals surface area contributed by atoms with Crippen LogP contribution in [0.4, 0.5) is 0 Å². The molecule has 0 spiro atoms. The minimum Gasteiger partial charge on any atom is -0.480 e. The number of likely N-dealkylation sites (tertiary alicyclic amines) is 1. The Morgan fingerprint density at radius 2 is 1.69 bits per heavy atom. The summed E-state index contributed by atoms with van der Waals surface area (Å²) in [5, 5.41) is 9.80. The maximum absolute atomic E-state index is 13.2. The molecule has 1 amide bonds. The molecule has 2 aromatic rings. The van der Waals surface area contributed by atoms with Crippen molar-refractivity contribution in [2.24, 2.45) is 5.92 Å². The molecule has 0 aromatic heterocycles. The minimum absolute atomic E-state index is 0.0731. The molecule has 7 heteroatoms. The molecule has 0 saturated carbocycles. The standard InChI is InChI=1S/C25H29NO5S/c1-16-10-12-18(13-11-16)32-20-15-26(23(28)17-8-6-5-7-9-17)22(24(29)30)19(20)14-21(27)31-25(2,3)4/h5-13,19-20,22H,14-15H2,1-4H3,(H,29,30). The smallest absolute Gasteiger partial charge is 0.326 e. The lowest BCUT2D eigenvalue weighted by Crippen LogP contribution is -2.44. The molecule has 3 atom stereocenters. The molecule has 170 valence electrons. The number of carboxylic acid groups (broad SMARTS) is 1. The number of hydrogen-bond donors (Lipinski definition) is 1. The molecular formula is C25H29NO5S. The highest BCUT2D eigenvalue weighted by Gasteiger charge is 2.49. The normalized spacial score (nSPS) is 20.8. The second-order valence-corrected chi connectivity index (χ2v) is 10.3. The van der Waals surface area contributed by atoms with E-state index in [-0.39, 0.29) is 24.1 Å². The SMILES string of the molecule is Cc1ccc(SC2CN(C(=O)c3ccccc3)C(C(=O)O)C2CC(=O)OC(C)(C)C)cc1. The van der Waals surface area contributed by atoms with Gasteiger partial charge in [0.25, 0.3) is 5.91 Å². The minimum atomic E-state index is -1.12. The summed E-state index contributed by atoms with van der Waals surface area (Å²) in [6.45, 7) is 7.56. The molecule has 1 N–H and O–H groups in total. The van der Waals surface area contributed by atoms with E-state index >= 15 is 0 Å². The van der Waals surface area contributed by atoms with Crippen LogP contribution in [-0.4, -0.2) is 51.3 Å². The predicted molar refractivity (Wildman–Crippen MR) is 124 cm³/mol. The highest BCUT2D eigenvalue weighted by Crippen LogP contribution is 2.40. The highest BCUT2D eigenvalue weighted by molar-refractivity contribution is 8.00. The molecule has 1 heterocycles. The molecule has 6 nitrogen and oxygen atoms in total. The Kier molecular flexibility index (Phi) is 7.29. The molecule has 3 rings (SSSR count). The number of rotatable bonds is 6. The highest BCUT2D eigenvalue weighted by atomic mass is 32.2. The number of esters is 1. The third-order valence-corrected chi connectivity index (χ3v) is 6.61. The lowest BCUT2D eigenvalue weighted by atomic mass is 9.95. The maximum Gasteiger partial charge on any atom is 0.326 e. The van der Waals surface area contributed by atoms with E-state index in [1.807, 2.05) is 31.2 Å². The van der Waals surface area contributed by atoms with E-state index in [2.05, 4.69) is 0 Å². The monoisotopic (exact) mass is 455 g/mol. The van der Waals surface area contributed by atoms with Gasteiger partial charge in [-0.2, -0.15) is 0 Å². The molecule has 1 fully saturated rings. The Morgan fingerprint density at radius 1 is 1.06 bits per heavy atom. The number of aliphatic carboxylic acids is 1. The number of hydrogen-bond acceptors (Lipinski definition) is 5. The van der Waals surface area contributed by atoms with Gasteiger partial charge in [-0.05, 0) is 52.0 Å². The lowest BCUT2D eigenvalue weighted by Gasteiger charge is -2.26. The topological polar surface area (TPSA) is 83.9 Å². The van der Waals surface area contributed by atoms with Gasteiger partial charge >= 0.3 is 11.9 Å². The van der Waals surface area contributed by atoms with Crippen LogP contribution in [0.5, 0.6) is 0 Å². The van der Waals surface area contributed by atoms with Crippen LogP contribution in [0.25, 0.3) is 0 Å². The van der Waals surface area contributed by atoms with E-state index in [0.717, 1.165) is 10.5 Å². The summed E-state index contributed by atoms with van der Waals surface area (Å²) in [5.74, 6) is -2.51. The fourth-order valence-electron chi connectivity index (χ4n) is 3.88. The Bertz CT molecular complexity index is 968. The van der Waals surface area contributed by atoms with Crippen LogP contribution in [0.1, 0.15) is 43.1 Å². The Hall–Kier alpha value is -2.80. The summed E-state index contributed by atoms with van der Waals surface area (Å²) in [5.41, 5.74) is 0.874. The first-order valence-electron chi connectivity index (χ1n) is 10.6. The van der Waals surface area contributed by atoms with E-state index < -0.39 is 29.5 Å². The van der Waals surface area contributed by atoms with Crippen LogP contribution in [0.2, 0.25) is 0 Å². The Morgan fingerprint density at radius 3 is 2.25 bits per heavy atom. The van der Waals surface area contributed by atoms with Crippen molar-refractivity contribution in [2.75, 3.05) is 6.54 Å². The first-order valence-corrected chi connectivity index (χ1v) is 11.5. The zero-order chi connectivity index (χ0) is 23.5. The quantitative estimate of drug-likeness (QED) is 0.650. The van der Waals surface area contributed by atoms with Crippen LogP contribution >= 0.6 is 11.8 Å². The van der Waals surface area contributed by atoms with Crippen molar-refractivity contribution in [1.82, 2.24) is 4.90 Å². The van der Waals surface area contributed by atoms with Crippen molar-refractivity contribution >= 4 is 29.6 Å². The molecule has 3 unspecified atom stereocenters. The number of carboxylic acids is 1. The average Bonchev–Trinajstić information content (AvgIpc) is 3.06. The summed E-state index contributed by atoms with van der Waals surface area (Å²) in [6, 6.07) is 15.4. The van der Waals surface area contributed by atoms with E-state index in [1.165, 1.54) is 16.7 Å². The van der Waals surface area contributed by atoms with Crippen molar-refractivity contribution in [1.29, 1.82) is 0 Å². The second kappa shape index (κ2) is 9.77. The number of thioether (sulfide) groups is 1. The molecule has 0 bridgehead atoms. The van der Waals surface area contributed by atoms with Crippen LogP contribution in [0.3, 0.4) is 0 Å². The van der Waals surface area contributed by atoms with E-state index in [9.17, 15) is 19.5 Å². The Labute approximate surface area is 193 Å².